The van der Waals surface area contributed by atoms with Crippen molar-refractivity contribution in [3.05, 3.63) is 29.8 Å². The summed E-state index contributed by atoms with van der Waals surface area (Å²) in [6.07, 6.45) is 0.328. The van der Waals surface area contributed by atoms with Crippen LogP contribution < -0.4 is 10.2 Å². The van der Waals surface area contributed by atoms with Gasteiger partial charge in [0.15, 0.2) is 0 Å². The zero-order chi connectivity index (χ0) is 20.5. The zero-order valence-corrected chi connectivity index (χ0v) is 16.7. The van der Waals surface area contributed by atoms with Gasteiger partial charge in [-0.05, 0) is 43.7 Å². The molecule has 1 aliphatic carbocycles. The quantitative estimate of drug-likeness (QED) is 0.488. The molecule has 0 aromatic heterocycles. The minimum Gasteiger partial charge on any atom is -0.453 e. The number of ether oxygens (including phenoxy) is 1. The fraction of sp³-hybridized carbons (Fsp3) is 0.556. The van der Waals surface area contributed by atoms with Crippen LogP contribution in [-0.2, 0) is 19.6 Å². The number of amides is 2. The maximum Gasteiger partial charge on any atom is 0.409 e. The highest BCUT2D eigenvalue weighted by atomic mass is 32.2. The Balaban J connectivity index is 1.73. The monoisotopic (exact) mass is 411 g/mol. The number of benzene rings is 1. The third-order valence-corrected chi connectivity index (χ3v) is 7.25. The predicted octanol–water partition coefficient (Wildman–Crippen LogP) is 0.873. The summed E-state index contributed by atoms with van der Waals surface area (Å²) in [6, 6.07) is 6.42. The maximum absolute atomic E-state index is 12.6. The lowest BCUT2D eigenvalue weighted by atomic mass is 9.84. The largest absolute Gasteiger partial charge is 0.453 e. The number of hydroxylamine groups is 1. The number of nitrogens with one attached hydrogen (secondary N) is 2. The smallest absolute Gasteiger partial charge is 0.409 e. The molecule has 10 heteroatoms. The molecule has 1 aromatic carbocycles. The first kappa shape index (κ1) is 20.6. The SMILES string of the molecule is COC(=O)N1C[C@@H]2CC(CNS(=O)(=O)c3ccc(C)cc3)(C(=O)NO)C[C@@H]2C1. The summed E-state index contributed by atoms with van der Waals surface area (Å²) >= 11 is 0. The number of methoxy groups -OCH3 is 1. The van der Waals surface area contributed by atoms with E-state index in [-0.39, 0.29) is 23.3 Å². The minimum absolute atomic E-state index is 0.0419. The van der Waals surface area contributed by atoms with Crippen molar-refractivity contribution in [1.82, 2.24) is 15.1 Å². The van der Waals surface area contributed by atoms with E-state index >= 15 is 0 Å². The van der Waals surface area contributed by atoms with Gasteiger partial charge >= 0.3 is 6.09 Å². The van der Waals surface area contributed by atoms with E-state index < -0.39 is 27.4 Å². The number of aryl methyl sites for hydroxylation is 1. The van der Waals surface area contributed by atoms with Crippen molar-refractivity contribution >= 4 is 22.0 Å². The van der Waals surface area contributed by atoms with E-state index in [1.807, 2.05) is 6.92 Å². The first-order valence-corrected chi connectivity index (χ1v) is 10.5. The van der Waals surface area contributed by atoms with Gasteiger partial charge in [0.25, 0.3) is 5.91 Å². The van der Waals surface area contributed by atoms with Gasteiger partial charge in [0, 0.05) is 19.6 Å². The van der Waals surface area contributed by atoms with Crippen molar-refractivity contribution in [1.29, 1.82) is 0 Å². The van der Waals surface area contributed by atoms with E-state index in [1.54, 1.807) is 22.5 Å². The second kappa shape index (κ2) is 7.69. The van der Waals surface area contributed by atoms with Crippen LogP contribution in [0, 0.1) is 24.2 Å². The molecule has 3 N–H and O–H groups in total. The Morgan fingerprint density at radius 2 is 1.79 bits per heavy atom. The van der Waals surface area contributed by atoms with Gasteiger partial charge in [-0.15, -0.1) is 0 Å². The molecule has 9 nitrogen and oxygen atoms in total. The Morgan fingerprint density at radius 3 is 2.29 bits per heavy atom. The Labute approximate surface area is 164 Å². The number of nitrogens with zero attached hydrogens (tertiary/aromatic N) is 1. The minimum atomic E-state index is -3.79. The summed E-state index contributed by atoms with van der Waals surface area (Å²) in [5.74, 6) is -0.529. The molecule has 1 saturated carbocycles. The summed E-state index contributed by atoms with van der Waals surface area (Å²) in [5, 5.41) is 9.22. The molecular formula is C18H25N3O6S. The van der Waals surface area contributed by atoms with Crippen molar-refractivity contribution in [3.8, 4) is 0 Å². The fourth-order valence-electron chi connectivity index (χ4n) is 4.33. The predicted molar refractivity (Wildman–Crippen MR) is 98.9 cm³/mol. The van der Waals surface area contributed by atoms with Crippen LogP contribution in [0.15, 0.2) is 29.2 Å². The topological polar surface area (TPSA) is 125 Å². The average molecular weight is 411 g/mol. The summed E-state index contributed by atoms with van der Waals surface area (Å²) in [7, 11) is -2.47. The van der Waals surface area contributed by atoms with E-state index in [2.05, 4.69) is 4.72 Å². The third-order valence-electron chi connectivity index (χ3n) is 5.83. The Morgan fingerprint density at radius 1 is 1.21 bits per heavy atom. The number of sulfonamides is 1. The summed E-state index contributed by atoms with van der Waals surface area (Å²) in [4.78, 5) is 25.9. The van der Waals surface area contributed by atoms with Crippen molar-refractivity contribution in [3.63, 3.8) is 0 Å². The van der Waals surface area contributed by atoms with Crippen molar-refractivity contribution < 1.29 is 28.0 Å². The molecule has 2 aliphatic rings. The number of likely N-dealkylation sites (tertiary alicyclic amines) is 1. The molecule has 0 bridgehead atoms. The van der Waals surface area contributed by atoms with Gasteiger partial charge in [0.1, 0.15) is 0 Å². The lowest BCUT2D eigenvalue weighted by Crippen LogP contribution is -2.47. The molecular weight excluding hydrogens is 386 g/mol. The first-order valence-electron chi connectivity index (χ1n) is 9.04. The second-order valence-corrected chi connectivity index (χ2v) is 9.43. The molecule has 0 spiro atoms. The van der Waals surface area contributed by atoms with Crippen LogP contribution in [-0.4, -0.2) is 57.3 Å². The molecule has 2 amide bonds. The van der Waals surface area contributed by atoms with Gasteiger partial charge in [0.05, 0.1) is 17.4 Å². The van der Waals surface area contributed by atoms with Crippen LogP contribution in [0.5, 0.6) is 0 Å². The Kier molecular flexibility index (Phi) is 5.64. The van der Waals surface area contributed by atoms with Gasteiger partial charge in [-0.25, -0.2) is 23.4 Å². The molecule has 1 saturated heterocycles. The van der Waals surface area contributed by atoms with E-state index in [0.717, 1.165) is 5.56 Å². The van der Waals surface area contributed by atoms with Gasteiger partial charge in [-0.3, -0.25) is 10.0 Å². The number of rotatable bonds is 5. The molecule has 2 fully saturated rings. The lowest BCUT2D eigenvalue weighted by molar-refractivity contribution is -0.139. The van der Waals surface area contributed by atoms with Crippen LogP contribution in [0.3, 0.4) is 0 Å². The zero-order valence-electron chi connectivity index (χ0n) is 15.8. The standard InChI is InChI=1S/C18H25N3O6S/c1-12-3-5-15(6-4-12)28(25,26)19-11-18(16(22)20-24)7-13-9-21(17(23)27-2)10-14(13)8-18/h3-6,13-14,19,24H,7-11H2,1-2H3,(H,20,22)/t13-,14+,18?. The highest BCUT2D eigenvalue weighted by molar-refractivity contribution is 7.89. The molecule has 0 radical (unpaired) electrons. The average Bonchev–Trinajstić information content (AvgIpc) is 3.22. The number of carbonyl (C=O) groups is 2. The molecule has 3 atom stereocenters. The number of fused-ring (bicyclic) bond motifs is 1. The molecule has 3 rings (SSSR count). The maximum atomic E-state index is 12.6. The molecule has 154 valence electrons. The summed E-state index contributed by atoms with van der Waals surface area (Å²) in [6.45, 7) is 2.63. The molecule has 28 heavy (non-hydrogen) atoms. The lowest BCUT2D eigenvalue weighted by Gasteiger charge is -2.29. The van der Waals surface area contributed by atoms with E-state index in [1.165, 1.54) is 19.2 Å². The van der Waals surface area contributed by atoms with Crippen LogP contribution in [0.1, 0.15) is 18.4 Å². The number of hydrogen-bond donors (Lipinski definition) is 3. The summed E-state index contributed by atoms with van der Waals surface area (Å²) < 4.78 is 32.5. The van der Waals surface area contributed by atoms with E-state index in [9.17, 15) is 23.2 Å². The highest BCUT2D eigenvalue weighted by Gasteiger charge is 2.54. The normalized spacial score (nSPS) is 26.8. The van der Waals surface area contributed by atoms with Gasteiger partial charge in [0.2, 0.25) is 10.0 Å². The van der Waals surface area contributed by atoms with E-state index in [0.29, 0.717) is 25.9 Å². The van der Waals surface area contributed by atoms with Gasteiger partial charge in [-0.1, -0.05) is 17.7 Å². The molecule has 1 aromatic rings. The van der Waals surface area contributed by atoms with Crippen LogP contribution >= 0.6 is 0 Å². The van der Waals surface area contributed by atoms with Crippen LogP contribution in [0.25, 0.3) is 0 Å². The molecule has 1 unspecified atom stereocenters. The number of carbonyl (C=O) groups excluding carboxylic acids is 2. The summed E-state index contributed by atoms with van der Waals surface area (Å²) in [5.41, 5.74) is 1.56. The number of hydrogen-bond acceptors (Lipinski definition) is 6. The van der Waals surface area contributed by atoms with Crippen molar-refractivity contribution in [2.24, 2.45) is 17.3 Å². The van der Waals surface area contributed by atoms with Crippen LogP contribution in [0.2, 0.25) is 0 Å². The van der Waals surface area contributed by atoms with Crippen molar-refractivity contribution in [2.45, 2.75) is 24.7 Å². The van der Waals surface area contributed by atoms with Crippen LogP contribution in [0.4, 0.5) is 4.79 Å². The fourth-order valence-corrected chi connectivity index (χ4v) is 5.46. The van der Waals surface area contributed by atoms with E-state index in [4.69, 9.17) is 4.74 Å². The third kappa shape index (κ3) is 3.85. The first-order chi connectivity index (χ1) is 13.2. The van der Waals surface area contributed by atoms with Crippen molar-refractivity contribution in [2.75, 3.05) is 26.7 Å². The molecule has 1 aliphatic heterocycles. The second-order valence-electron chi connectivity index (χ2n) is 7.66. The van der Waals surface area contributed by atoms with Gasteiger partial charge in [-0.2, -0.15) is 0 Å². The van der Waals surface area contributed by atoms with Gasteiger partial charge < -0.3 is 9.64 Å². The molecule has 1 heterocycles. The Bertz CT molecular complexity index is 841. The highest BCUT2D eigenvalue weighted by Crippen LogP contribution is 2.49. The Hall–Kier alpha value is -2.17.